The van der Waals surface area contributed by atoms with Crippen molar-refractivity contribution < 1.29 is 18.9 Å². The van der Waals surface area contributed by atoms with Crippen molar-refractivity contribution in [2.75, 3.05) is 34.2 Å². The Morgan fingerprint density at radius 3 is 1.60 bits per heavy atom. The summed E-state index contributed by atoms with van der Waals surface area (Å²) >= 11 is 3.80. The molecule has 0 aliphatic heterocycles. The van der Waals surface area contributed by atoms with Gasteiger partial charge in [0.15, 0.2) is 0 Å². The molecule has 0 spiro atoms. The number of rotatable bonds is 15. The maximum absolute atomic E-state index is 5.87. The van der Waals surface area contributed by atoms with E-state index in [0.29, 0.717) is 0 Å². The molecule has 152 valence electrons. The number of unbranched alkanes of at least 4 members (excludes halogenated alkanes) is 5. The molecule has 0 aromatic rings. The first kappa shape index (κ1) is 27.2. The van der Waals surface area contributed by atoms with Crippen LogP contribution in [0.25, 0.3) is 0 Å². The van der Waals surface area contributed by atoms with E-state index in [4.69, 9.17) is 18.9 Å². The molecule has 0 heterocycles. The van der Waals surface area contributed by atoms with Crippen molar-refractivity contribution in [2.24, 2.45) is 0 Å². The van der Waals surface area contributed by atoms with Gasteiger partial charge in [0.05, 0.1) is 0 Å². The van der Waals surface area contributed by atoms with Crippen LogP contribution in [0.1, 0.15) is 71.6 Å². The molecule has 1 unspecified atom stereocenters. The zero-order valence-electron chi connectivity index (χ0n) is 17.4. The minimum absolute atomic E-state index is 0.565. The third kappa shape index (κ3) is 9.43. The van der Waals surface area contributed by atoms with Crippen LogP contribution < -0.4 is 0 Å². The highest BCUT2D eigenvalue weighted by Gasteiger charge is 2.53. The summed E-state index contributed by atoms with van der Waals surface area (Å²) in [6.45, 7) is 7.78. The topological polar surface area (TPSA) is 36.9 Å². The van der Waals surface area contributed by atoms with E-state index in [1.54, 1.807) is 34.5 Å². The van der Waals surface area contributed by atoms with Crippen molar-refractivity contribution in [3.05, 3.63) is 12.7 Å². The van der Waals surface area contributed by atoms with Gasteiger partial charge in [-0.1, -0.05) is 64.9 Å². The molecule has 0 amide bonds. The molecule has 5 heteroatoms. The molecule has 25 heavy (non-hydrogen) atoms. The summed E-state index contributed by atoms with van der Waals surface area (Å²) in [6.07, 6.45) is 11.9. The predicted molar refractivity (Wildman–Crippen MR) is 110 cm³/mol. The summed E-state index contributed by atoms with van der Waals surface area (Å²) in [6, 6.07) is 0. The lowest BCUT2D eigenvalue weighted by Crippen LogP contribution is -2.59. The highest BCUT2D eigenvalue weighted by molar-refractivity contribution is 7.80. The van der Waals surface area contributed by atoms with Crippen LogP contribution >= 0.6 is 12.6 Å². The number of ether oxygens (including phenoxy) is 4. The molecule has 0 fully saturated rings. The quantitative estimate of drug-likeness (QED) is 0.174. The Balaban J connectivity index is 0. The Morgan fingerprint density at radius 1 is 0.760 bits per heavy atom. The van der Waals surface area contributed by atoms with Gasteiger partial charge in [-0.25, -0.2) is 0 Å². The Labute approximate surface area is 162 Å². The number of hydrogen-bond donors (Lipinski definition) is 1. The summed E-state index contributed by atoms with van der Waals surface area (Å²) in [5, 5.41) is 0. The van der Waals surface area contributed by atoms with Gasteiger partial charge in [0.2, 0.25) is 0 Å². The number of methoxy groups -OCH3 is 4. The van der Waals surface area contributed by atoms with Crippen LogP contribution in [0.3, 0.4) is 0 Å². The lowest BCUT2D eigenvalue weighted by Gasteiger charge is -2.45. The first-order valence-corrected chi connectivity index (χ1v) is 10.1. The van der Waals surface area contributed by atoms with Crippen LogP contribution in [0.5, 0.6) is 0 Å². The second-order valence-electron chi connectivity index (χ2n) is 6.11. The van der Waals surface area contributed by atoms with E-state index in [1.165, 1.54) is 32.1 Å². The summed E-state index contributed by atoms with van der Waals surface area (Å²) in [7, 11) is 6.55. The fraction of sp³-hybridized carbons (Fsp3) is 0.900. The van der Waals surface area contributed by atoms with Crippen LogP contribution in [0.4, 0.5) is 0 Å². The molecule has 0 aromatic heterocycles. The lowest BCUT2D eigenvalue weighted by molar-refractivity contribution is -0.425. The average molecular weight is 379 g/mol. The molecular weight excluding hydrogens is 336 g/mol. The van der Waals surface area contributed by atoms with Gasteiger partial charge in [0, 0.05) is 34.2 Å². The minimum Gasteiger partial charge on any atom is -0.370 e. The normalized spacial score (nSPS) is 13.7. The summed E-state index contributed by atoms with van der Waals surface area (Å²) in [5.74, 6) is -0.360. The van der Waals surface area contributed by atoms with Crippen molar-refractivity contribution in [1.29, 1.82) is 0 Å². The van der Waals surface area contributed by atoms with Crippen LogP contribution in [-0.2, 0) is 18.9 Å². The van der Waals surface area contributed by atoms with Gasteiger partial charge in [-0.15, -0.1) is 6.58 Å². The molecule has 0 aliphatic carbocycles. The molecule has 0 N–H and O–H groups in total. The molecule has 1 atom stereocenters. The van der Waals surface area contributed by atoms with E-state index in [2.05, 4.69) is 33.1 Å². The Bertz CT molecular complexity index is 287. The second-order valence-corrected chi connectivity index (χ2v) is 6.47. The van der Waals surface area contributed by atoms with Crippen LogP contribution in [0.15, 0.2) is 12.7 Å². The van der Waals surface area contributed by atoms with Gasteiger partial charge in [-0.3, -0.25) is 0 Å². The largest absolute Gasteiger partial charge is 0.370 e. The van der Waals surface area contributed by atoms with E-state index in [9.17, 15) is 0 Å². The summed E-state index contributed by atoms with van der Waals surface area (Å²) < 4.78 is 22.6. The molecular formula is C20H42O4S. The number of hydrogen-bond acceptors (Lipinski definition) is 5. The molecule has 0 bridgehead atoms. The predicted octanol–water partition coefficient (Wildman–Crippen LogP) is 5.62. The SMILES string of the molecule is C=CCS.CCCCCCCCC(CCC)(OC)C(OC)(OC)OC. The van der Waals surface area contributed by atoms with Crippen LogP contribution in [0.2, 0.25) is 0 Å². The molecule has 0 rings (SSSR count). The Hall–Kier alpha value is -0.0700. The van der Waals surface area contributed by atoms with Crippen molar-refractivity contribution >= 4 is 12.6 Å². The van der Waals surface area contributed by atoms with Gasteiger partial charge < -0.3 is 18.9 Å². The minimum atomic E-state index is -1.14. The fourth-order valence-electron chi connectivity index (χ4n) is 3.16. The third-order valence-electron chi connectivity index (χ3n) is 4.47. The highest BCUT2D eigenvalue weighted by Crippen LogP contribution is 2.39. The monoisotopic (exact) mass is 378 g/mol. The molecule has 0 saturated carbocycles. The average Bonchev–Trinajstić information content (AvgIpc) is 2.66. The molecule has 0 saturated heterocycles. The van der Waals surface area contributed by atoms with Crippen molar-refractivity contribution in [3.63, 3.8) is 0 Å². The van der Waals surface area contributed by atoms with Crippen LogP contribution in [0, 0.1) is 0 Å². The van der Waals surface area contributed by atoms with E-state index >= 15 is 0 Å². The van der Waals surface area contributed by atoms with Crippen LogP contribution in [-0.4, -0.2) is 45.8 Å². The molecule has 4 nitrogen and oxygen atoms in total. The van der Waals surface area contributed by atoms with E-state index in [0.717, 1.165) is 31.4 Å². The zero-order valence-corrected chi connectivity index (χ0v) is 18.3. The zero-order chi connectivity index (χ0) is 19.6. The van der Waals surface area contributed by atoms with Gasteiger partial charge in [0.1, 0.15) is 5.60 Å². The summed E-state index contributed by atoms with van der Waals surface area (Å²) in [4.78, 5) is 0. The lowest BCUT2D eigenvalue weighted by atomic mass is 9.87. The summed E-state index contributed by atoms with van der Waals surface area (Å²) in [5.41, 5.74) is -0.565. The Morgan fingerprint density at radius 2 is 1.24 bits per heavy atom. The second kappa shape index (κ2) is 17.3. The standard InChI is InChI=1S/C17H36O4.C3H6S/c1-7-9-10-11-12-13-15-16(18-3,14-8-2)17(19-4,20-5)21-6;1-2-3-4/h7-15H2,1-6H3;2,4H,1,3H2. The van der Waals surface area contributed by atoms with Gasteiger partial charge in [-0.05, 0) is 12.8 Å². The number of thiol groups is 1. The maximum atomic E-state index is 5.87. The smallest absolute Gasteiger partial charge is 0.313 e. The van der Waals surface area contributed by atoms with Crippen molar-refractivity contribution in [3.8, 4) is 0 Å². The first-order valence-electron chi connectivity index (χ1n) is 9.45. The van der Waals surface area contributed by atoms with Crippen molar-refractivity contribution in [1.82, 2.24) is 0 Å². The molecule has 0 radical (unpaired) electrons. The van der Waals surface area contributed by atoms with Gasteiger partial charge >= 0.3 is 5.97 Å². The third-order valence-corrected chi connectivity index (χ3v) is 4.73. The maximum Gasteiger partial charge on any atom is 0.313 e. The molecule has 0 aliphatic rings. The Kier molecular flexibility index (Phi) is 18.8. The highest BCUT2D eigenvalue weighted by atomic mass is 32.1. The van der Waals surface area contributed by atoms with E-state index < -0.39 is 11.6 Å². The molecule has 0 aromatic carbocycles. The van der Waals surface area contributed by atoms with Gasteiger partial charge in [-0.2, -0.15) is 12.6 Å². The van der Waals surface area contributed by atoms with Crippen molar-refractivity contribution in [2.45, 2.75) is 83.2 Å². The fourth-order valence-corrected chi connectivity index (χ4v) is 3.16. The van der Waals surface area contributed by atoms with E-state index in [-0.39, 0.29) is 0 Å². The van der Waals surface area contributed by atoms with E-state index in [1.807, 2.05) is 0 Å². The first-order chi connectivity index (χ1) is 12.0. The van der Waals surface area contributed by atoms with Gasteiger partial charge in [0.25, 0.3) is 0 Å².